The Kier molecular flexibility index (Phi) is 3.59. The van der Waals surface area contributed by atoms with Gasteiger partial charge in [0.2, 0.25) is 0 Å². The van der Waals surface area contributed by atoms with E-state index in [0.717, 1.165) is 30.1 Å². The van der Waals surface area contributed by atoms with E-state index in [4.69, 9.17) is 11.1 Å². The molecule has 0 atom stereocenters. The number of hydrogen-bond acceptors (Lipinski definition) is 4. The van der Waals surface area contributed by atoms with Crippen molar-refractivity contribution in [1.29, 1.82) is 5.41 Å². The van der Waals surface area contributed by atoms with Gasteiger partial charge in [0.25, 0.3) is 0 Å². The highest BCUT2D eigenvalue weighted by Crippen LogP contribution is 2.17. The zero-order chi connectivity index (χ0) is 14.0. The monoisotopic (exact) mass is 258 g/mol. The number of rotatable bonds is 4. The van der Waals surface area contributed by atoms with Gasteiger partial charge in [0, 0.05) is 19.0 Å². The normalized spacial score (nSPS) is 10.7. The van der Waals surface area contributed by atoms with Gasteiger partial charge in [-0.2, -0.15) is 4.68 Å². The number of pyridine rings is 1. The molecule has 0 spiro atoms. The maximum atomic E-state index is 7.72. The summed E-state index contributed by atoms with van der Waals surface area (Å²) in [5.41, 5.74) is 7.19. The summed E-state index contributed by atoms with van der Waals surface area (Å²) in [4.78, 5) is 8.78. The van der Waals surface area contributed by atoms with Crippen molar-refractivity contribution in [2.75, 3.05) is 0 Å². The molecule has 0 saturated heterocycles. The van der Waals surface area contributed by atoms with Crippen LogP contribution < -0.4 is 5.73 Å². The third-order valence-electron chi connectivity index (χ3n) is 2.96. The van der Waals surface area contributed by atoms with Crippen LogP contribution in [0.1, 0.15) is 36.6 Å². The van der Waals surface area contributed by atoms with Crippen LogP contribution in [0.25, 0.3) is 5.82 Å². The minimum atomic E-state index is -0.00352. The maximum Gasteiger partial charge on any atom is 0.166 e. The second-order valence-corrected chi connectivity index (χ2v) is 4.30. The average molecular weight is 258 g/mol. The zero-order valence-corrected chi connectivity index (χ0v) is 11.4. The second-order valence-electron chi connectivity index (χ2n) is 4.30. The molecule has 0 saturated carbocycles. The van der Waals surface area contributed by atoms with Gasteiger partial charge in [0.15, 0.2) is 11.6 Å². The molecule has 19 heavy (non-hydrogen) atoms. The molecule has 0 unspecified atom stereocenters. The van der Waals surface area contributed by atoms with E-state index in [-0.39, 0.29) is 5.84 Å². The number of hydrogen-bond donors (Lipinski definition) is 2. The van der Waals surface area contributed by atoms with Gasteiger partial charge in [0.05, 0.1) is 5.56 Å². The average Bonchev–Trinajstić information content (AvgIpc) is 2.81. The Hall–Kier alpha value is -2.24. The van der Waals surface area contributed by atoms with Crippen molar-refractivity contribution in [3.05, 3.63) is 35.0 Å². The molecule has 0 aliphatic rings. The van der Waals surface area contributed by atoms with Crippen molar-refractivity contribution in [3.63, 3.8) is 0 Å². The van der Waals surface area contributed by atoms with Crippen molar-refractivity contribution in [3.8, 4) is 5.82 Å². The summed E-state index contributed by atoms with van der Waals surface area (Å²) < 4.78 is 1.70. The number of nitrogens with zero attached hydrogens (tertiary/aromatic N) is 4. The number of nitrogens with two attached hydrogens (primary N) is 1. The number of nitrogens with one attached hydrogen (secondary N) is 1. The molecule has 3 N–H and O–H groups in total. The molecule has 0 aromatic carbocycles. The Morgan fingerprint density at radius 1 is 1.37 bits per heavy atom. The number of aryl methyl sites for hydroxylation is 3. The van der Waals surface area contributed by atoms with E-state index in [2.05, 4.69) is 15.1 Å². The Morgan fingerprint density at radius 2 is 2.11 bits per heavy atom. The Morgan fingerprint density at radius 3 is 2.68 bits per heavy atom. The van der Waals surface area contributed by atoms with Gasteiger partial charge in [-0.3, -0.25) is 5.41 Å². The molecule has 100 valence electrons. The van der Waals surface area contributed by atoms with Crippen molar-refractivity contribution in [2.45, 2.75) is 33.6 Å². The quantitative estimate of drug-likeness (QED) is 0.640. The van der Waals surface area contributed by atoms with Crippen LogP contribution in [0.5, 0.6) is 0 Å². The number of nitrogen functional groups attached to an aromatic ring is 1. The summed E-state index contributed by atoms with van der Waals surface area (Å²) in [6.07, 6.45) is 3.21. The first-order chi connectivity index (χ1) is 9.08. The molecule has 2 rings (SSSR count). The maximum absolute atomic E-state index is 7.72. The van der Waals surface area contributed by atoms with E-state index in [9.17, 15) is 0 Å². The molecular formula is C13H18N6. The van der Waals surface area contributed by atoms with Crippen LogP contribution in [0, 0.1) is 12.3 Å². The molecule has 0 aliphatic heterocycles. The van der Waals surface area contributed by atoms with Crippen molar-refractivity contribution >= 4 is 5.84 Å². The third-order valence-corrected chi connectivity index (χ3v) is 2.96. The summed E-state index contributed by atoms with van der Waals surface area (Å²) in [6.45, 7) is 5.93. The lowest BCUT2D eigenvalue weighted by Gasteiger charge is -2.11. The van der Waals surface area contributed by atoms with Gasteiger partial charge in [0.1, 0.15) is 11.7 Å². The summed E-state index contributed by atoms with van der Waals surface area (Å²) in [7, 11) is 0. The molecule has 2 aromatic rings. The van der Waals surface area contributed by atoms with Crippen LogP contribution in [0.3, 0.4) is 0 Å². The molecule has 0 amide bonds. The van der Waals surface area contributed by atoms with Gasteiger partial charge in [-0.1, -0.05) is 13.8 Å². The van der Waals surface area contributed by atoms with Crippen molar-refractivity contribution < 1.29 is 0 Å². The molecule has 6 nitrogen and oxygen atoms in total. The van der Waals surface area contributed by atoms with Crippen LogP contribution in [-0.2, 0) is 12.8 Å². The topological polar surface area (TPSA) is 93.5 Å². The standard InChI is InChI=1S/C13H18N6/c1-4-9-17-10(5-2)19(18-9)13-11(12(14)15)8(3)6-7-16-13/h6-7H,4-5H2,1-3H3,(H3,14,15). The van der Waals surface area contributed by atoms with E-state index < -0.39 is 0 Å². The molecule has 0 bridgehead atoms. The molecule has 2 heterocycles. The molecule has 2 aromatic heterocycles. The molecule has 6 heteroatoms. The van der Waals surface area contributed by atoms with Crippen molar-refractivity contribution in [1.82, 2.24) is 19.7 Å². The highest BCUT2D eigenvalue weighted by molar-refractivity contribution is 5.99. The summed E-state index contributed by atoms with van der Waals surface area (Å²) in [5, 5.41) is 12.2. The lowest BCUT2D eigenvalue weighted by molar-refractivity contribution is 0.766. The van der Waals surface area contributed by atoms with E-state index in [1.54, 1.807) is 10.9 Å². The first-order valence-electron chi connectivity index (χ1n) is 6.33. The van der Waals surface area contributed by atoms with Crippen LogP contribution in [0.15, 0.2) is 12.3 Å². The fraction of sp³-hybridized carbons (Fsp3) is 0.385. The van der Waals surface area contributed by atoms with Crippen LogP contribution in [0.4, 0.5) is 0 Å². The highest BCUT2D eigenvalue weighted by Gasteiger charge is 2.16. The fourth-order valence-corrected chi connectivity index (χ4v) is 1.98. The number of amidine groups is 1. The second kappa shape index (κ2) is 5.17. The Bertz CT molecular complexity index is 614. The van der Waals surface area contributed by atoms with Gasteiger partial charge >= 0.3 is 0 Å². The minimum absolute atomic E-state index is 0.00352. The zero-order valence-electron chi connectivity index (χ0n) is 11.4. The number of aromatic nitrogens is 4. The molecular weight excluding hydrogens is 240 g/mol. The van der Waals surface area contributed by atoms with Gasteiger partial charge in [-0.15, -0.1) is 5.10 Å². The van der Waals surface area contributed by atoms with E-state index in [0.29, 0.717) is 11.4 Å². The van der Waals surface area contributed by atoms with Gasteiger partial charge in [-0.05, 0) is 18.6 Å². The third kappa shape index (κ3) is 2.33. The minimum Gasteiger partial charge on any atom is -0.384 e. The first kappa shape index (κ1) is 13.2. The predicted molar refractivity (Wildman–Crippen MR) is 73.7 cm³/mol. The first-order valence-corrected chi connectivity index (χ1v) is 6.33. The summed E-state index contributed by atoms with van der Waals surface area (Å²) in [5.74, 6) is 2.18. The largest absolute Gasteiger partial charge is 0.384 e. The predicted octanol–water partition coefficient (Wildman–Crippen LogP) is 1.38. The lowest BCUT2D eigenvalue weighted by atomic mass is 10.1. The Labute approximate surface area is 112 Å². The van der Waals surface area contributed by atoms with E-state index in [1.807, 2.05) is 26.8 Å². The van der Waals surface area contributed by atoms with Crippen LogP contribution >= 0.6 is 0 Å². The van der Waals surface area contributed by atoms with Gasteiger partial charge < -0.3 is 5.73 Å². The highest BCUT2D eigenvalue weighted by atomic mass is 15.4. The van der Waals surface area contributed by atoms with Crippen molar-refractivity contribution in [2.24, 2.45) is 5.73 Å². The lowest BCUT2D eigenvalue weighted by Crippen LogP contribution is -2.19. The van der Waals surface area contributed by atoms with Crippen LogP contribution in [0.2, 0.25) is 0 Å². The molecule has 0 radical (unpaired) electrons. The molecule has 0 fully saturated rings. The van der Waals surface area contributed by atoms with E-state index >= 15 is 0 Å². The summed E-state index contributed by atoms with van der Waals surface area (Å²) >= 11 is 0. The SMILES string of the molecule is CCc1nc(CC)n(-c2nccc(C)c2C(=N)N)n1. The molecule has 0 aliphatic carbocycles. The van der Waals surface area contributed by atoms with E-state index in [1.165, 1.54) is 0 Å². The Balaban J connectivity index is 2.68. The van der Waals surface area contributed by atoms with Gasteiger partial charge in [-0.25, -0.2) is 9.97 Å². The van der Waals surface area contributed by atoms with Crippen LogP contribution in [-0.4, -0.2) is 25.6 Å². The summed E-state index contributed by atoms with van der Waals surface area (Å²) in [6, 6.07) is 1.84. The fourth-order valence-electron chi connectivity index (χ4n) is 1.98. The smallest absolute Gasteiger partial charge is 0.166 e.